The lowest BCUT2D eigenvalue weighted by Crippen LogP contribution is -2.20. The predicted molar refractivity (Wildman–Crippen MR) is 118 cm³/mol. The van der Waals surface area contributed by atoms with E-state index in [4.69, 9.17) is 21.1 Å². The van der Waals surface area contributed by atoms with Gasteiger partial charge < -0.3 is 20.1 Å². The minimum Gasteiger partial charge on any atom is -0.484 e. The quantitative estimate of drug-likeness (QED) is 0.417. The summed E-state index contributed by atoms with van der Waals surface area (Å²) in [5.41, 5.74) is 1.31. The van der Waals surface area contributed by atoms with Crippen molar-refractivity contribution >= 4 is 40.8 Å². The molecule has 0 fully saturated rings. The van der Waals surface area contributed by atoms with E-state index in [2.05, 4.69) is 10.6 Å². The van der Waals surface area contributed by atoms with Crippen LogP contribution in [0.3, 0.4) is 0 Å². The highest BCUT2D eigenvalue weighted by Crippen LogP contribution is 2.19. The van der Waals surface area contributed by atoms with E-state index in [0.717, 1.165) is 0 Å². The maximum Gasteiger partial charge on any atom is 0.308 e. The zero-order valence-corrected chi connectivity index (χ0v) is 17.3. The van der Waals surface area contributed by atoms with Gasteiger partial charge in [-0.05, 0) is 60.7 Å². The standard InChI is InChI=1S/C23H19ClN2O5/c1-15(27)31-21-7-2-4-16(12-21)23(29)26-19-6-3-5-18(13-19)25-22(28)14-30-20-10-8-17(24)9-11-20/h2-13H,14H2,1H3,(H,25,28)(H,26,29). The number of carbonyl (C=O) groups excluding carboxylic acids is 3. The molecule has 2 N–H and O–H groups in total. The summed E-state index contributed by atoms with van der Waals surface area (Å²) in [6.07, 6.45) is 0. The van der Waals surface area contributed by atoms with Crippen LogP contribution in [0.25, 0.3) is 0 Å². The summed E-state index contributed by atoms with van der Waals surface area (Å²) in [4.78, 5) is 35.7. The second-order valence-electron chi connectivity index (χ2n) is 6.45. The van der Waals surface area contributed by atoms with Crippen molar-refractivity contribution < 1.29 is 23.9 Å². The molecule has 7 nitrogen and oxygen atoms in total. The third kappa shape index (κ3) is 6.87. The number of esters is 1. The first-order valence-corrected chi connectivity index (χ1v) is 9.65. The van der Waals surface area contributed by atoms with Gasteiger partial charge in [0.05, 0.1) is 0 Å². The van der Waals surface area contributed by atoms with Crippen LogP contribution in [0, 0.1) is 0 Å². The highest BCUT2D eigenvalue weighted by molar-refractivity contribution is 6.30. The van der Waals surface area contributed by atoms with Crippen molar-refractivity contribution in [1.29, 1.82) is 0 Å². The van der Waals surface area contributed by atoms with E-state index in [0.29, 0.717) is 27.7 Å². The highest BCUT2D eigenvalue weighted by Gasteiger charge is 2.10. The Hall–Kier alpha value is -3.84. The Bertz CT molecular complexity index is 1100. The molecule has 0 radical (unpaired) electrons. The monoisotopic (exact) mass is 438 g/mol. The summed E-state index contributed by atoms with van der Waals surface area (Å²) in [5.74, 6) is -0.407. The van der Waals surface area contributed by atoms with Gasteiger partial charge >= 0.3 is 5.97 Å². The van der Waals surface area contributed by atoms with Crippen molar-refractivity contribution in [3.05, 3.63) is 83.4 Å². The van der Waals surface area contributed by atoms with E-state index < -0.39 is 5.97 Å². The van der Waals surface area contributed by atoms with E-state index in [-0.39, 0.29) is 24.2 Å². The molecular formula is C23H19ClN2O5. The fourth-order valence-electron chi connectivity index (χ4n) is 2.62. The third-order valence-electron chi connectivity index (χ3n) is 3.95. The number of hydrogen-bond acceptors (Lipinski definition) is 5. The summed E-state index contributed by atoms with van der Waals surface area (Å²) in [7, 11) is 0. The van der Waals surface area contributed by atoms with Gasteiger partial charge in [0.15, 0.2) is 6.61 Å². The average Bonchev–Trinajstić information content (AvgIpc) is 2.73. The highest BCUT2D eigenvalue weighted by atomic mass is 35.5. The Morgan fingerprint density at radius 3 is 2.23 bits per heavy atom. The molecule has 3 rings (SSSR count). The number of carbonyl (C=O) groups is 3. The minimum absolute atomic E-state index is 0.179. The van der Waals surface area contributed by atoms with Crippen molar-refractivity contribution in [1.82, 2.24) is 0 Å². The first-order chi connectivity index (χ1) is 14.9. The third-order valence-corrected chi connectivity index (χ3v) is 4.20. The van der Waals surface area contributed by atoms with Crippen molar-refractivity contribution in [2.24, 2.45) is 0 Å². The molecule has 0 aliphatic heterocycles. The van der Waals surface area contributed by atoms with Gasteiger partial charge in [0.25, 0.3) is 11.8 Å². The molecule has 158 valence electrons. The fourth-order valence-corrected chi connectivity index (χ4v) is 2.75. The van der Waals surface area contributed by atoms with E-state index >= 15 is 0 Å². The molecule has 0 aromatic heterocycles. The Labute approximate surface area is 183 Å². The SMILES string of the molecule is CC(=O)Oc1cccc(C(=O)Nc2cccc(NC(=O)COc3ccc(Cl)cc3)c2)c1. The largest absolute Gasteiger partial charge is 0.484 e. The first-order valence-electron chi connectivity index (χ1n) is 9.27. The number of amides is 2. The van der Waals surface area contributed by atoms with E-state index in [1.54, 1.807) is 66.7 Å². The molecule has 31 heavy (non-hydrogen) atoms. The minimum atomic E-state index is -0.471. The van der Waals surface area contributed by atoms with Crippen molar-refractivity contribution in [3.8, 4) is 11.5 Å². The summed E-state index contributed by atoms with van der Waals surface area (Å²) in [6.45, 7) is 1.11. The van der Waals surface area contributed by atoms with Crippen LogP contribution >= 0.6 is 11.6 Å². The molecule has 3 aromatic rings. The molecule has 0 saturated heterocycles. The normalized spacial score (nSPS) is 10.1. The maximum absolute atomic E-state index is 12.5. The van der Waals surface area contributed by atoms with Gasteiger partial charge in [-0.1, -0.05) is 23.7 Å². The molecule has 8 heteroatoms. The molecule has 0 saturated carbocycles. The number of halogens is 1. The molecule has 0 aliphatic carbocycles. The summed E-state index contributed by atoms with van der Waals surface area (Å²) >= 11 is 5.81. The van der Waals surface area contributed by atoms with Crippen LogP contribution in [0.2, 0.25) is 5.02 Å². The summed E-state index contributed by atoms with van der Waals surface area (Å²) in [5, 5.41) is 6.03. The summed E-state index contributed by atoms with van der Waals surface area (Å²) in [6, 6.07) is 19.6. The van der Waals surface area contributed by atoms with Crippen molar-refractivity contribution in [2.75, 3.05) is 17.2 Å². The lowest BCUT2D eigenvalue weighted by atomic mass is 10.2. The average molecular weight is 439 g/mol. The van der Waals surface area contributed by atoms with Crippen LogP contribution in [0.4, 0.5) is 11.4 Å². The predicted octanol–water partition coefficient (Wildman–Crippen LogP) is 4.54. The number of rotatable bonds is 7. The summed E-state index contributed by atoms with van der Waals surface area (Å²) < 4.78 is 10.4. The van der Waals surface area contributed by atoms with Crippen molar-refractivity contribution in [2.45, 2.75) is 6.92 Å². The Balaban J connectivity index is 1.58. The van der Waals surface area contributed by atoms with Crippen LogP contribution in [-0.4, -0.2) is 24.4 Å². The lowest BCUT2D eigenvalue weighted by molar-refractivity contribution is -0.131. The maximum atomic E-state index is 12.5. The second-order valence-corrected chi connectivity index (χ2v) is 6.88. The van der Waals surface area contributed by atoms with Crippen molar-refractivity contribution in [3.63, 3.8) is 0 Å². The van der Waals surface area contributed by atoms with Crippen LogP contribution in [-0.2, 0) is 9.59 Å². The lowest BCUT2D eigenvalue weighted by Gasteiger charge is -2.10. The van der Waals surface area contributed by atoms with Crippen LogP contribution in [0.1, 0.15) is 17.3 Å². The van der Waals surface area contributed by atoms with E-state index in [9.17, 15) is 14.4 Å². The molecule has 0 bridgehead atoms. The molecule has 0 aliphatic rings. The number of benzene rings is 3. The Morgan fingerprint density at radius 2 is 1.52 bits per heavy atom. The molecule has 0 heterocycles. The van der Waals surface area contributed by atoms with Gasteiger partial charge in [-0.15, -0.1) is 0 Å². The van der Waals surface area contributed by atoms with E-state index in [1.165, 1.54) is 13.0 Å². The van der Waals surface area contributed by atoms with Gasteiger partial charge in [-0.2, -0.15) is 0 Å². The first kappa shape index (κ1) is 21.9. The van der Waals surface area contributed by atoms with Gasteiger partial charge in [-0.25, -0.2) is 0 Å². The van der Waals surface area contributed by atoms with Gasteiger partial charge in [0.2, 0.25) is 0 Å². The Morgan fingerprint density at radius 1 is 0.839 bits per heavy atom. The number of ether oxygens (including phenoxy) is 2. The molecule has 0 unspecified atom stereocenters. The number of nitrogens with one attached hydrogen (secondary N) is 2. The second kappa shape index (κ2) is 10.3. The number of hydrogen-bond donors (Lipinski definition) is 2. The Kier molecular flexibility index (Phi) is 7.24. The van der Waals surface area contributed by atoms with Gasteiger partial charge in [0, 0.05) is 28.9 Å². The molecule has 3 aromatic carbocycles. The molecule has 0 spiro atoms. The fraction of sp³-hybridized carbons (Fsp3) is 0.0870. The van der Waals surface area contributed by atoms with Gasteiger partial charge in [-0.3, -0.25) is 14.4 Å². The number of anilines is 2. The van der Waals surface area contributed by atoms with Gasteiger partial charge in [0.1, 0.15) is 11.5 Å². The molecular weight excluding hydrogens is 420 g/mol. The molecule has 0 atom stereocenters. The van der Waals surface area contributed by atoms with E-state index in [1.807, 2.05) is 0 Å². The van der Waals surface area contributed by atoms with Crippen LogP contribution in [0.5, 0.6) is 11.5 Å². The smallest absolute Gasteiger partial charge is 0.308 e. The van der Waals surface area contributed by atoms with Crippen LogP contribution < -0.4 is 20.1 Å². The molecule has 2 amide bonds. The topological polar surface area (TPSA) is 93.7 Å². The zero-order chi connectivity index (χ0) is 22.2. The zero-order valence-electron chi connectivity index (χ0n) is 16.6. The van der Waals surface area contributed by atoms with Crippen LogP contribution in [0.15, 0.2) is 72.8 Å².